The molecule has 0 fully saturated rings. The number of hydrogen-bond acceptors (Lipinski definition) is 5. The van der Waals surface area contributed by atoms with Gasteiger partial charge in [0.25, 0.3) is 11.8 Å². The zero-order valence-corrected chi connectivity index (χ0v) is 15.5. The van der Waals surface area contributed by atoms with Gasteiger partial charge in [0.15, 0.2) is 24.3 Å². The molecule has 1 N–H and O–H groups in total. The van der Waals surface area contributed by atoms with Crippen LogP contribution in [0.1, 0.15) is 13.3 Å². The van der Waals surface area contributed by atoms with Crippen LogP contribution < -0.4 is 15.0 Å². The average Bonchev–Trinajstić information content (AvgIpc) is 2.70. The third-order valence-electron chi connectivity index (χ3n) is 4.21. The van der Waals surface area contributed by atoms with Gasteiger partial charge in [0.2, 0.25) is 0 Å². The van der Waals surface area contributed by atoms with Gasteiger partial charge < -0.3 is 19.7 Å². The van der Waals surface area contributed by atoms with Crippen LogP contribution in [0.3, 0.4) is 0 Å². The average molecular weight is 404 g/mol. The number of carbonyl (C=O) groups is 3. The van der Waals surface area contributed by atoms with Crippen molar-refractivity contribution in [2.75, 3.05) is 23.4 Å². The molecule has 0 unspecified atom stereocenters. The fraction of sp³-hybridized carbons (Fsp3) is 0.250. The van der Waals surface area contributed by atoms with E-state index in [1.807, 2.05) is 0 Å². The fourth-order valence-corrected chi connectivity index (χ4v) is 2.73. The molecule has 1 aliphatic heterocycles. The molecule has 7 nitrogen and oxygen atoms in total. The molecule has 2 aromatic rings. The zero-order chi connectivity index (χ0) is 21.0. The van der Waals surface area contributed by atoms with E-state index >= 15 is 0 Å². The molecular weight excluding hydrogens is 386 g/mol. The highest BCUT2D eigenvalue weighted by atomic mass is 19.2. The van der Waals surface area contributed by atoms with Crippen molar-refractivity contribution in [3.63, 3.8) is 0 Å². The summed E-state index contributed by atoms with van der Waals surface area (Å²) in [6.45, 7) is 1.29. The molecule has 2 amide bonds. The molecule has 0 spiro atoms. The maximum Gasteiger partial charge on any atom is 0.308 e. The Bertz CT molecular complexity index is 950. The van der Waals surface area contributed by atoms with E-state index in [1.54, 1.807) is 24.3 Å². The van der Waals surface area contributed by atoms with Gasteiger partial charge in [-0.05, 0) is 31.2 Å². The summed E-state index contributed by atoms with van der Waals surface area (Å²) >= 11 is 0. The van der Waals surface area contributed by atoms with Gasteiger partial charge in [-0.15, -0.1) is 0 Å². The molecule has 9 heteroatoms. The van der Waals surface area contributed by atoms with Crippen molar-refractivity contribution in [1.82, 2.24) is 0 Å². The molecule has 3 rings (SSSR count). The third kappa shape index (κ3) is 4.87. The van der Waals surface area contributed by atoms with Gasteiger partial charge >= 0.3 is 5.97 Å². The molecule has 0 saturated carbocycles. The Hall–Kier alpha value is -3.49. The van der Waals surface area contributed by atoms with Crippen LogP contribution >= 0.6 is 0 Å². The molecule has 2 aromatic carbocycles. The van der Waals surface area contributed by atoms with Crippen molar-refractivity contribution >= 4 is 29.2 Å². The quantitative estimate of drug-likeness (QED) is 0.749. The Kier molecular flexibility index (Phi) is 6.06. The number of para-hydroxylation sites is 2. The number of fused-ring (bicyclic) bond motifs is 1. The van der Waals surface area contributed by atoms with E-state index in [9.17, 15) is 23.2 Å². The van der Waals surface area contributed by atoms with Crippen molar-refractivity contribution in [1.29, 1.82) is 0 Å². The Labute approximate surface area is 165 Å². The maximum atomic E-state index is 13.2. The second kappa shape index (κ2) is 8.68. The van der Waals surface area contributed by atoms with Crippen molar-refractivity contribution in [3.05, 3.63) is 54.1 Å². The second-order valence-electron chi connectivity index (χ2n) is 6.30. The number of hydrogen-bond donors (Lipinski definition) is 1. The number of rotatable bonds is 6. The van der Waals surface area contributed by atoms with Crippen molar-refractivity contribution in [3.8, 4) is 5.75 Å². The minimum absolute atomic E-state index is 0.0346. The highest BCUT2D eigenvalue weighted by Crippen LogP contribution is 2.31. The number of halogens is 2. The van der Waals surface area contributed by atoms with Crippen LogP contribution in [0.25, 0.3) is 0 Å². The highest BCUT2D eigenvalue weighted by Gasteiger charge is 2.26. The van der Waals surface area contributed by atoms with E-state index in [4.69, 9.17) is 9.47 Å². The van der Waals surface area contributed by atoms with Gasteiger partial charge in [-0.25, -0.2) is 8.78 Å². The van der Waals surface area contributed by atoms with Gasteiger partial charge in [0, 0.05) is 18.3 Å². The lowest BCUT2D eigenvalue weighted by Crippen LogP contribution is -2.40. The van der Waals surface area contributed by atoms with Crippen molar-refractivity contribution in [2.24, 2.45) is 0 Å². The molecular formula is C20H18F2N2O5. The number of benzene rings is 2. The lowest BCUT2D eigenvalue weighted by atomic mass is 10.2. The Balaban J connectivity index is 1.53. The van der Waals surface area contributed by atoms with Crippen LogP contribution in [0.5, 0.6) is 5.75 Å². The zero-order valence-electron chi connectivity index (χ0n) is 15.5. The summed E-state index contributed by atoms with van der Waals surface area (Å²) in [5.41, 5.74) is 0.591. The summed E-state index contributed by atoms with van der Waals surface area (Å²) in [5.74, 6) is -3.28. The van der Waals surface area contributed by atoms with Gasteiger partial charge in [-0.2, -0.15) is 0 Å². The first-order chi connectivity index (χ1) is 13.8. The highest BCUT2D eigenvalue weighted by molar-refractivity contribution is 5.98. The largest absolute Gasteiger partial charge is 0.482 e. The molecule has 1 heterocycles. The van der Waals surface area contributed by atoms with E-state index in [-0.39, 0.29) is 31.2 Å². The lowest BCUT2D eigenvalue weighted by molar-refractivity contribution is -0.153. The summed E-state index contributed by atoms with van der Waals surface area (Å²) in [6.07, 6.45) is -1.30. The minimum atomic E-state index is -1.16. The summed E-state index contributed by atoms with van der Waals surface area (Å²) < 4.78 is 36.5. The standard InChI is InChI=1S/C20H18F2N2O5/c1-12(20(27)23-13-6-7-14(21)15(22)10-13)29-19(26)8-9-24-16-4-2-3-5-17(16)28-11-18(24)25/h2-7,10,12H,8-9,11H2,1H3,(H,23,27)/t12-/m1/s1. The molecule has 0 radical (unpaired) electrons. The first-order valence-corrected chi connectivity index (χ1v) is 8.82. The Morgan fingerprint density at radius 1 is 1.21 bits per heavy atom. The normalized spacial score (nSPS) is 13.9. The van der Waals surface area contributed by atoms with Crippen molar-refractivity contribution < 1.29 is 32.6 Å². The van der Waals surface area contributed by atoms with Gasteiger partial charge in [0.05, 0.1) is 12.1 Å². The molecule has 1 atom stereocenters. The lowest BCUT2D eigenvalue weighted by Gasteiger charge is -2.29. The molecule has 0 saturated heterocycles. The van der Waals surface area contributed by atoms with E-state index in [0.29, 0.717) is 11.4 Å². The van der Waals surface area contributed by atoms with E-state index in [0.717, 1.165) is 12.1 Å². The molecule has 29 heavy (non-hydrogen) atoms. The van der Waals surface area contributed by atoms with Crippen LogP contribution in [-0.4, -0.2) is 37.0 Å². The SMILES string of the molecule is C[C@@H](OC(=O)CCN1C(=O)COc2ccccc21)C(=O)Nc1ccc(F)c(F)c1. The van der Waals surface area contributed by atoms with Crippen LogP contribution in [-0.2, 0) is 19.1 Å². The van der Waals surface area contributed by atoms with E-state index in [1.165, 1.54) is 17.9 Å². The van der Waals surface area contributed by atoms with E-state index in [2.05, 4.69) is 5.32 Å². The summed E-state index contributed by atoms with van der Waals surface area (Å²) in [7, 11) is 0. The molecule has 0 aromatic heterocycles. The predicted octanol–water partition coefficient (Wildman–Crippen LogP) is 2.65. The predicted molar refractivity (Wildman–Crippen MR) is 99.4 cm³/mol. The van der Waals surface area contributed by atoms with Crippen LogP contribution in [0.2, 0.25) is 0 Å². The topological polar surface area (TPSA) is 84.9 Å². The summed E-state index contributed by atoms with van der Waals surface area (Å²) in [4.78, 5) is 37.7. The summed E-state index contributed by atoms with van der Waals surface area (Å²) in [6, 6.07) is 9.83. The maximum absolute atomic E-state index is 13.2. The Morgan fingerprint density at radius 3 is 2.72 bits per heavy atom. The fourth-order valence-electron chi connectivity index (χ4n) is 2.73. The monoisotopic (exact) mass is 404 g/mol. The van der Waals surface area contributed by atoms with Crippen LogP contribution in [0.15, 0.2) is 42.5 Å². The Morgan fingerprint density at radius 2 is 1.97 bits per heavy atom. The molecule has 152 valence electrons. The van der Waals surface area contributed by atoms with Gasteiger partial charge in [0.1, 0.15) is 5.75 Å². The number of nitrogens with one attached hydrogen (secondary N) is 1. The number of ether oxygens (including phenoxy) is 2. The van der Waals surface area contributed by atoms with Gasteiger partial charge in [-0.3, -0.25) is 14.4 Å². The molecule has 1 aliphatic rings. The summed E-state index contributed by atoms with van der Waals surface area (Å²) in [5, 5.41) is 2.34. The van der Waals surface area contributed by atoms with E-state index < -0.39 is 29.6 Å². The molecule has 0 bridgehead atoms. The van der Waals surface area contributed by atoms with Crippen molar-refractivity contribution in [2.45, 2.75) is 19.4 Å². The second-order valence-corrected chi connectivity index (χ2v) is 6.30. The smallest absolute Gasteiger partial charge is 0.308 e. The van der Waals surface area contributed by atoms with Crippen LogP contribution in [0, 0.1) is 11.6 Å². The minimum Gasteiger partial charge on any atom is -0.482 e. The molecule has 0 aliphatic carbocycles. The number of esters is 1. The third-order valence-corrected chi connectivity index (χ3v) is 4.21. The van der Waals surface area contributed by atoms with Crippen LogP contribution in [0.4, 0.5) is 20.2 Å². The number of nitrogens with zero attached hydrogens (tertiary/aromatic N) is 1. The first kappa shape index (κ1) is 20.2. The first-order valence-electron chi connectivity index (χ1n) is 8.82. The van der Waals surface area contributed by atoms with Gasteiger partial charge in [-0.1, -0.05) is 12.1 Å². The number of amides is 2. The number of carbonyl (C=O) groups excluding carboxylic acids is 3. The number of anilines is 2.